The van der Waals surface area contributed by atoms with Gasteiger partial charge in [0, 0.05) is 24.9 Å². The Morgan fingerprint density at radius 3 is 2.69 bits per heavy atom. The van der Waals surface area contributed by atoms with E-state index >= 15 is 0 Å². The normalized spacial score (nSPS) is 22.9. The lowest BCUT2D eigenvalue weighted by Gasteiger charge is -2.29. The van der Waals surface area contributed by atoms with Crippen LogP contribution >= 0.6 is 11.8 Å². The van der Waals surface area contributed by atoms with Gasteiger partial charge >= 0.3 is 5.97 Å². The van der Waals surface area contributed by atoms with Crippen LogP contribution in [0.3, 0.4) is 0 Å². The number of benzene rings is 1. The van der Waals surface area contributed by atoms with Gasteiger partial charge in [-0.2, -0.15) is 0 Å². The summed E-state index contributed by atoms with van der Waals surface area (Å²) in [5, 5.41) is 2.71. The molecule has 156 valence electrons. The molecule has 0 saturated carbocycles. The zero-order valence-corrected chi connectivity index (χ0v) is 17.6. The number of anilines is 1. The highest BCUT2D eigenvalue weighted by Gasteiger charge is 2.53. The molecular formula is C20H25N3O5S. The van der Waals surface area contributed by atoms with Gasteiger partial charge in [0.15, 0.2) is 6.61 Å². The maximum atomic E-state index is 12.4. The van der Waals surface area contributed by atoms with Gasteiger partial charge in [0.1, 0.15) is 6.04 Å². The van der Waals surface area contributed by atoms with Crippen LogP contribution in [0.5, 0.6) is 0 Å². The number of ether oxygens (including phenoxy) is 1. The number of likely N-dealkylation sites (N-methyl/N-ethyl adjacent to an activating group) is 1. The van der Waals surface area contributed by atoms with E-state index in [9.17, 15) is 19.2 Å². The molecule has 2 saturated heterocycles. The summed E-state index contributed by atoms with van der Waals surface area (Å²) in [5.41, 5.74) is 1.72. The molecule has 2 fully saturated rings. The van der Waals surface area contributed by atoms with Gasteiger partial charge in [0.25, 0.3) is 5.91 Å². The monoisotopic (exact) mass is 419 g/mol. The summed E-state index contributed by atoms with van der Waals surface area (Å²) in [7, 11) is 1.47. The molecule has 8 nitrogen and oxygen atoms in total. The van der Waals surface area contributed by atoms with E-state index in [1.54, 1.807) is 28.8 Å². The summed E-state index contributed by atoms with van der Waals surface area (Å²) in [5.74, 6) is -1.01. The number of amides is 3. The van der Waals surface area contributed by atoms with E-state index < -0.39 is 24.5 Å². The van der Waals surface area contributed by atoms with E-state index in [2.05, 4.69) is 5.32 Å². The number of fused-ring (bicyclic) bond motifs is 1. The second-order valence-electron chi connectivity index (χ2n) is 7.54. The maximum absolute atomic E-state index is 12.4. The fourth-order valence-corrected chi connectivity index (χ4v) is 4.89. The summed E-state index contributed by atoms with van der Waals surface area (Å²) < 4.78 is 5.15. The Bertz CT molecular complexity index is 828. The number of esters is 1. The third-order valence-electron chi connectivity index (χ3n) is 5.20. The van der Waals surface area contributed by atoms with Crippen molar-refractivity contribution in [1.82, 2.24) is 9.80 Å². The van der Waals surface area contributed by atoms with Crippen LogP contribution in [0.15, 0.2) is 24.3 Å². The van der Waals surface area contributed by atoms with E-state index in [-0.39, 0.29) is 23.2 Å². The smallest absolute Gasteiger partial charge is 0.330 e. The first kappa shape index (κ1) is 21.2. The van der Waals surface area contributed by atoms with Crippen LogP contribution in [0.1, 0.15) is 25.3 Å². The predicted molar refractivity (Wildman–Crippen MR) is 109 cm³/mol. The van der Waals surface area contributed by atoms with Crippen molar-refractivity contribution >= 4 is 41.1 Å². The average Bonchev–Trinajstić information content (AvgIpc) is 3.17. The molecular weight excluding hydrogens is 394 g/mol. The number of carbonyl (C=O) groups is 4. The van der Waals surface area contributed by atoms with E-state index in [0.717, 1.165) is 5.56 Å². The quantitative estimate of drug-likeness (QED) is 0.700. The molecule has 0 spiro atoms. The number of rotatable bonds is 6. The molecule has 3 amide bonds. The standard InChI is InChI=1S/C20H25N3O5S/c1-13-4-6-14(7-5-13)21-16(24)10-22(3)18(26)11-28-19(27)15-12-29-20(2)9-8-17(25)23(15)20/h4-7,15H,8-12H2,1-3H3,(H,21,24)/t15-,20+/m0/s1. The minimum atomic E-state index is -0.664. The zero-order valence-electron chi connectivity index (χ0n) is 16.8. The van der Waals surface area contributed by atoms with Crippen LogP contribution in [-0.4, -0.2) is 70.4 Å². The molecule has 3 rings (SSSR count). The summed E-state index contributed by atoms with van der Waals surface area (Å²) in [6.07, 6.45) is 1.13. The predicted octanol–water partition coefficient (Wildman–Crippen LogP) is 1.39. The lowest BCUT2D eigenvalue weighted by Crippen LogP contribution is -2.47. The minimum Gasteiger partial charge on any atom is -0.454 e. The molecule has 1 aromatic carbocycles. The van der Waals surface area contributed by atoms with E-state index in [0.29, 0.717) is 24.3 Å². The molecule has 0 bridgehead atoms. The van der Waals surface area contributed by atoms with Crippen molar-refractivity contribution in [2.75, 3.05) is 31.3 Å². The number of carbonyl (C=O) groups excluding carboxylic acids is 4. The van der Waals surface area contributed by atoms with E-state index in [1.165, 1.54) is 11.9 Å². The van der Waals surface area contributed by atoms with Crippen LogP contribution in [-0.2, 0) is 23.9 Å². The average molecular weight is 420 g/mol. The van der Waals surface area contributed by atoms with Crippen LogP contribution in [0.2, 0.25) is 0 Å². The molecule has 1 aromatic rings. The van der Waals surface area contributed by atoms with Crippen molar-refractivity contribution in [3.8, 4) is 0 Å². The van der Waals surface area contributed by atoms with Crippen molar-refractivity contribution in [2.45, 2.75) is 37.6 Å². The van der Waals surface area contributed by atoms with Crippen molar-refractivity contribution in [3.05, 3.63) is 29.8 Å². The first-order valence-electron chi connectivity index (χ1n) is 9.43. The van der Waals surface area contributed by atoms with Gasteiger partial charge in [-0.1, -0.05) is 17.7 Å². The van der Waals surface area contributed by atoms with Crippen LogP contribution < -0.4 is 5.32 Å². The van der Waals surface area contributed by atoms with Gasteiger partial charge in [0.05, 0.1) is 11.4 Å². The second-order valence-corrected chi connectivity index (χ2v) is 9.04. The van der Waals surface area contributed by atoms with Gasteiger partial charge in [0.2, 0.25) is 11.8 Å². The highest BCUT2D eigenvalue weighted by Crippen LogP contribution is 2.47. The molecule has 9 heteroatoms. The SMILES string of the molecule is Cc1ccc(NC(=O)CN(C)C(=O)COC(=O)[C@@H]2CS[C@]3(C)CCC(=O)N23)cc1. The van der Waals surface area contributed by atoms with Crippen molar-refractivity contribution in [2.24, 2.45) is 0 Å². The molecule has 1 N–H and O–H groups in total. The van der Waals surface area contributed by atoms with Gasteiger partial charge in [-0.25, -0.2) is 4.79 Å². The summed E-state index contributed by atoms with van der Waals surface area (Å²) >= 11 is 1.56. The zero-order chi connectivity index (χ0) is 21.2. The topological polar surface area (TPSA) is 96.0 Å². The van der Waals surface area contributed by atoms with Gasteiger partial charge in [-0.3, -0.25) is 14.4 Å². The van der Waals surface area contributed by atoms with Crippen LogP contribution in [0.4, 0.5) is 5.69 Å². The fourth-order valence-electron chi connectivity index (χ4n) is 3.48. The third-order valence-corrected chi connectivity index (χ3v) is 6.70. The van der Waals surface area contributed by atoms with Crippen LogP contribution in [0, 0.1) is 6.92 Å². The van der Waals surface area contributed by atoms with Gasteiger partial charge in [-0.05, 0) is 32.4 Å². The van der Waals surface area contributed by atoms with E-state index in [1.807, 2.05) is 26.0 Å². The Kier molecular flexibility index (Phi) is 6.16. The number of nitrogens with zero attached hydrogens (tertiary/aromatic N) is 2. The number of nitrogens with one attached hydrogen (secondary N) is 1. The third kappa shape index (κ3) is 4.72. The summed E-state index contributed by atoms with van der Waals surface area (Å²) in [6.45, 7) is 3.27. The number of thioether (sulfide) groups is 1. The maximum Gasteiger partial charge on any atom is 0.330 e. The van der Waals surface area contributed by atoms with Crippen molar-refractivity contribution in [3.63, 3.8) is 0 Å². The van der Waals surface area contributed by atoms with Gasteiger partial charge in [-0.15, -0.1) is 11.8 Å². The van der Waals surface area contributed by atoms with Crippen molar-refractivity contribution < 1.29 is 23.9 Å². The first-order chi connectivity index (χ1) is 13.7. The molecule has 2 aliphatic rings. The first-order valence-corrected chi connectivity index (χ1v) is 10.4. The summed E-state index contributed by atoms with van der Waals surface area (Å²) in [4.78, 5) is 51.3. The fraction of sp³-hybridized carbons (Fsp3) is 0.500. The molecule has 0 unspecified atom stereocenters. The Balaban J connectivity index is 1.46. The minimum absolute atomic E-state index is 0.0596. The Morgan fingerprint density at radius 1 is 1.31 bits per heavy atom. The lowest BCUT2D eigenvalue weighted by molar-refractivity contribution is -0.158. The highest BCUT2D eigenvalue weighted by atomic mass is 32.2. The van der Waals surface area contributed by atoms with Crippen molar-refractivity contribution in [1.29, 1.82) is 0 Å². The number of hydrogen-bond acceptors (Lipinski definition) is 6. The highest BCUT2D eigenvalue weighted by molar-refractivity contribution is 8.01. The molecule has 0 aliphatic carbocycles. The Labute approximate surface area is 173 Å². The molecule has 2 aliphatic heterocycles. The molecule has 2 atom stereocenters. The Morgan fingerprint density at radius 2 is 2.00 bits per heavy atom. The number of hydrogen-bond donors (Lipinski definition) is 1. The number of aryl methyl sites for hydroxylation is 1. The molecule has 29 heavy (non-hydrogen) atoms. The van der Waals surface area contributed by atoms with Crippen LogP contribution in [0.25, 0.3) is 0 Å². The Hall–Kier alpha value is -2.55. The second kappa shape index (κ2) is 8.44. The molecule has 2 heterocycles. The molecule has 0 radical (unpaired) electrons. The molecule has 0 aromatic heterocycles. The summed E-state index contributed by atoms with van der Waals surface area (Å²) in [6, 6.07) is 6.65. The van der Waals surface area contributed by atoms with Gasteiger partial charge < -0.3 is 19.9 Å². The largest absolute Gasteiger partial charge is 0.454 e. The lowest BCUT2D eigenvalue weighted by atomic mass is 10.2. The van der Waals surface area contributed by atoms with E-state index in [4.69, 9.17) is 4.74 Å².